The number of nitrogens with one attached hydrogen (secondary N) is 2. The van der Waals surface area contributed by atoms with Gasteiger partial charge < -0.3 is 20.4 Å². The number of nitrogens with zero attached hydrogens (tertiary/aromatic N) is 4. The summed E-state index contributed by atoms with van der Waals surface area (Å²) in [5.74, 6) is -4.22. The lowest BCUT2D eigenvalue weighted by atomic mass is 10.1. The molecule has 1 fully saturated rings. The quantitative estimate of drug-likeness (QED) is 0.738. The van der Waals surface area contributed by atoms with Gasteiger partial charge in [-0.05, 0) is 26.0 Å². The van der Waals surface area contributed by atoms with Crippen molar-refractivity contribution in [2.45, 2.75) is 25.9 Å². The Morgan fingerprint density at radius 3 is 2.47 bits per heavy atom. The maximum atomic E-state index is 13.4. The fraction of sp³-hybridized carbons (Fsp3) is 0.368. The molecule has 1 saturated heterocycles. The van der Waals surface area contributed by atoms with Gasteiger partial charge in [0.2, 0.25) is 11.9 Å². The number of hydrogen-bond acceptors (Lipinski definition) is 6. The first-order valence-corrected chi connectivity index (χ1v) is 9.28. The number of carbonyl (C=O) groups excluding carboxylic acids is 2. The van der Waals surface area contributed by atoms with Crippen LogP contribution in [0.1, 0.15) is 23.0 Å². The Morgan fingerprint density at radius 2 is 1.83 bits per heavy atom. The molecule has 4 rings (SSSR count). The zero-order valence-corrected chi connectivity index (χ0v) is 16.5. The molecule has 2 aliphatic heterocycles. The van der Waals surface area contributed by atoms with E-state index in [0.717, 1.165) is 0 Å². The van der Waals surface area contributed by atoms with Crippen LogP contribution in [0.2, 0.25) is 0 Å². The Labute approximate surface area is 170 Å². The zero-order chi connectivity index (χ0) is 21.7. The van der Waals surface area contributed by atoms with E-state index >= 15 is 0 Å². The number of likely N-dealkylation sites (N-methyl/N-ethyl adjacent to an activating group) is 1. The van der Waals surface area contributed by atoms with Gasteiger partial charge >= 0.3 is 0 Å². The van der Waals surface area contributed by atoms with Crippen molar-refractivity contribution in [1.82, 2.24) is 14.9 Å². The largest absolute Gasteiger partial charge is 0.348 e. The van der Waals surface area contributed by atoms with Crippen LogP contribution in [0.3, 0.4) is 0 Å². The van der Waals surface area contributed by atoms with E-state index in [0.29, 0.717) is 35.3 Å². The van der Waals surface area contributed by atoms with Crippen molar-refractivity contribution >= 4 is 29.3 Å². The summed E-state index contributed by atoms with van der Waals surface area (Å²) in [6.07, 6.45) is 0. The molecule has 30 heavy (non-hydrogen) atoms. The lowest BCUT2D eigenvalue weighted by Gasteiger charge is -2.40. The Balaban J connectivity index is 1.44. The minimum absolute atomic E-state index is 0.140. The van der Waals surface area contributed by atoms with Crippen LogP contribution in [0.15, 0.2) is 12.1 Å². The number of carbonyl (C=O) groups is 2. The van der Waals surface area contributed by atoms with Crippen LogP contribution in [0.5, 0.6) is 0 Å². The van der Waals surface area contributed by atoms with Gasteiger partial charge in [-0.15, -0.1) is 0 Å². The van der Waals surface area contributed by atoms with E-state index in [-0.39, 0.29) is 36.6 Å². The van der Waals surface area contributed by atoms with E-state index in [1.807, 2.05) is 0 Å². The average molecular weight is 420 g/mol. The van der Waals surface area contributed by atoms with Crippen molar-refractivity contribution in [3.63, 3.8) is 0 Å². The molecule has 1 atom stereocenters. The summed E-state index contributed by atoms with van der Waals surface area (Å²) < 4.78 is 39.8. The maximum Gasteiger partial charge on any atom is 0.254 e. The number of hydrogen-bond donors (Lipinski definition) is 2. The number of rotatable bonds is 3. The molecule has 0 radical (unpaired) electrons. The highest BCUT2D eigenvalue weighted by molar-refractivity contribution is 6.03. The number of fused-ring (bicyclic) bond motifs is 1. The van der Waals surface area contributed by atoms with E-state index in [4.69, 9.17) is 0 Å². The number of amides is 2. The predicted molar refractivity (Wildman–Crippen MR) is 103 cm³/mol. The zero-order valence-electron chi connectivity index (χ0n) is 16.5. The van der Waals surface area contributed by atoms with Gasteiger partial charge in [-0.25, -0.2) is 18.2 Å². The molecule has 0 spiro atoms. The molecule has 1 aromatic carbocycles. The minimum Gasteiger partial charge on any atom is -0.348 e. The minimum atomic E-state index is -1.61. The Kier molecular flexibility index (Phi) is 4.75. The van der Waals surface area contributed by atoms with Gasteiger partial charge in [-0.2, -0.15) is 4.98 Å². The molecule has 0 unspecified atom stereocenters. The standard InChI is InChI=1S/C19H19F3N6O2/c1-8-15-16(27(3)9(2)17(29)25-15)26-19(23-8)24-11-6-28(7-11)18(30)10-4-12(20)14(22)13(21)5-10/h4-5,9,11H,6-7H2,1-3H3,(H,25,29)(H,23,24,26)/t9-/m0/s1. The molecular weight excluding hydrogens is 401 g/mol. The molecule has 1 aromatic heterocycles. The maximum absolute atomic E-state index is 13.4. The van der Waals surface area contributed by atoms with Crippen LogP contribution >= 0.6 is 0 Å². The number of halogens is 3. The van der Waals surface area contributed by atoms with Crippen molar-refractivity contribution < 1.29 is 22.8 Å². The Hall–Kier alpha value is -3.37. The highest BCUT2D eigenvalue weighted by atomic mass is 19.2. The van der Waals surface area contributed by atoms with Gasteiger partial charge in [-0.1, -0.05) is 0 Å². The molecule has 0 saturated carbocycles. The number of aromatic nitrogens is 2. The molecule has 11 heteroatoms. The Bertz CT molecular complexity index is 1030. The van der Waals surface area contributed by atoms with Gasteiger partial charge in [0, 0.05) is 25.7 Å². The highest BCUT2D eigenvalue weighted by Crippen LogP contribution is 2.32. The highest BCUT2D eigenvalue weighted by Gasteiger charge is 2.34. The lowest BCUT2D eigenvalue weighted by Crippen LogP contribution is -2.57. The lowest BCUT2D eigenvalue weighted by molar-refractivity contribution is -0.117. The number of likely N-dealkylation sites (tertiary alicyclic amines) is 1. The van der Waals surface area contributed by atoms with E-state index < -0.39 is 23.4 Å². The molecule has 2 aliphatic rings. The second kappa shape index (κ2) is 7.15. The number of benzene rings is 1. The van der Waals surface area contributed by atoms with Crippen LogP contribution in [-0.2, 0) is 4.79 Å². The predicted octanol–water partition coefficient (Wildman–Crippen LogP) is 1.92. The first-order chi connectivity index (χ1) is 14.2. The van der Waals surface area contributed by atoms with Crippen molar-refractivity contribution in [1.29, 1.82) is 0 Å². The number of anilines is 3. The van der Waals surface area contributed by atoms with Gasteiger partial charge in [-0.3, -0.25) is 9.59 Å². The average Bonchev–Trinajstić information content (AvgIpc) is 2.67. The van der Waals surface area contributed by atoms with E-state index in [2.05, 4.69) is 20.6 Å². The fourth-order valence-corrected chi connectivity index (χ4v) is 3.39. The third kappa shape index (κ3) is 3.29. The smallest absolute Gasteiger partial charge is 0.254 e. The normalized spacial score (nSPS) is 18.6. The van der Waals surface area contributed by atoms with Crippen LogP contribution < -0.4 is 15.5 Å². The van der Waals surface area contributed by atoms with Crippen LogP contribution in [0, 0.1) is 24.4 Å². The first kappa shape index (κ1) is 19.9. The molecular formula is C19H19F3N6O2. The van der Waals surface area contributed by atoms with E-state index in [1.54, 1.807) is 25.8 Å². The molecule has 0 bridgehead atoms. The SMILES string of the molecule is Cc1nc(NC2CN(C(=O)c3cc(F)c(F)c(F)c3)C2)nc2c1NC(=O)[C@H](C)N2C. The molecule has 2 amide bonds. The van der Waals surface area contributed by atoms with Gasteiger partial charge in [0.05, 0.1) is 11.7 Å². The van der Waals surface area contributed by atoms with Gasteiger partial charge in [0.25, 0.3) is 5.91 Å². The first-order valence-electron chi connectivity index (χ1n) is 9.28. The number of aryl methyl sites for hydroxylation is 1. The van der Waals surface area contributed by atoms with Crippen LogP contribution in [0.25, 0.3) is 0 Å². The summed E-state index contributed by atoms with van der Waals surface area (Å²) in [5, 5.41) is 5.92. The van der Waals surface area contributed by atoms with Crippen molar-refractivity contribution in [2.24, 2.45) is 0 Å². The summed E-state index contributed by atoms with van der Waals surface area (Å²) in [7, 11) is 1.77. The topological polar surface area (TPSA) is 90.5 Å². The monoisotopic (exact) mass is 420 g/mol. The van der Waals surface area contributed by atoms with Crippen LogP contribution in [0.4, 0.5) is 30.6 Å². The summed E-state index contributed by atoms with van der Waals surface area (Å²) in [5.41, 5.74) is 0.896. The van der Waals surface area contributed by atoms with Gasteiger partial charge in [0.15, 0.2) is 23.3 Å². The van der Waals surface area contributed by atoms with Crippen molar-refractivity contribution in [3.8, 4) is 0 Å². The van der Waals surface area contributed by atoms with Crippen LogP contribution in [-0.4, -0.2) is 58.9 Å². The van der Waals surface area contributed by atoms with E-state index in [9.17, 15) is 22.8 Å². The van der Waals surface area contributed by atoms with Gasteiger partial charge in [0.1, 0.15) is 11.7 Å². The molecule has 3 heterocycles. The molecule has 8 nitrogen and oxygen atoms in total. The second-order valence-electron chi connectivity index (χ2n) is 7.41. The van der Waals surface area contributed by atoms with Crippen molar-refractivity contribution in [2.75, 3.05) is 35.7 Å². The summed E-state index contributed by atoms with van der Waals surface area (Å²) in [4.78, 5) is 36.3. The fourth-order valence-electron chi connectivity index (χ4n) is 3.39. The third-order valence-electron chi connectivity index (χ3n) is 5.35. The van der Waals surface area contributed by atoms with Crippen molar-refractivity contribution in [3.05, 3.63) is 40.8 Å². The molecule has 158 valence electrons. The molecule has 0 aliphatic carbocycles. The third-order valence-corrected chi connectivity index (χ3v) is 5.35. The summed E-state index contributed by atoms with van der Waals surface area (Å²) >= 11 is 0. The summed E-state index contributed by atoms with van der Waals surface area (Å²) in [6, 6.07) is 0.821. The second-order valence-corrected chi connectivity index (χ2v) is 7.41. The van der Waals surface area contributed by atoms with E-state index in [1.165, 1.54) is 4.90 Å². The summed E-state index contributed by atoms with van der Waals surface area (Å²) in [6.45, 7) is 4.05. The molecule has 2 aromatic rings. The Morgan fingerprint density at radius 1 is 1.20 bits per heavy atom. The molecule has 2 N–H and O–H groups in total.